The van der Waals surface area contributed by atoms with E-state index >= 15 is 0 Å². The molecule has 21 heavy (non-hydrogen) atoms. The number of nitrogens with one attached hydrogen (secondary N) is 1. The lowest BCUT2D eigenvalue weighted by atomic mass is 10.2. The van der Waals surface area contributed by atoms with Crippen molar-refractivity contribution in [3.05, 3.63) is 27.8 Å². The van der Waals surface area contributed by atoms with Crippen LogP contribution in [-0.2, 0) is 0 Å². The van der Waals surface area contributed by atoms with E-state index in [-0.39, 0.29) is 18.4 Å². The first kappa shape index (κ1) is 16.1. The van der Waals surface area contributed by atoms with E-state index in [9.17, 15) is 0 Å². The second kappa shape index (κ2) is 7.13. The Morgan fingerprint density at radius 1 is 1.48 bits per heavy atom. The van der Waals surface area contributed by atoms with E-state index in [1.807, 2.05) is 25.3 Å². The molecule has 0 amide bonds. The van der Waals surface area contributed by atoms with Crippen molar-refractivity contribution in [1.82, 2.24) is 25.3 Å². The molecule has 0 saturated carbocycles. The highest BCUT2D eigenvalue weighted by molar-refractivity contribution is 7.12. The molecule has 1 unspecified atom stereocenters. The maximum Gasteiger partial charge on any atom is 0.250 e. The van der Waals surface area contributed by atoms with Crippen molar-refractivity contribution in [1.29, 1.82) is 0 Å². The molecule has 1 N–H and O–H groups in total. The van der Waals surface area contributed by atoms with Crippen LogP contribution in [0.4, 0.5) is 0 Å². The summed E-state index contributed by atoms with van der Waals surface area (Å²) in [4.78, 5) is 12.0. The molecule has 1 aliphatic rings. The molecular formula is C13H18ClN5OS. The number of halogens is 1. The van der Waals surface area contributed by atoms with Crippen molar-refractivity contribution in [3.63, 3.8) is 0 Å². The molecular weight excluding hydrogens is 310 g/mol. The molecule has 6 nitrogen and oxygen atoms in total. The summed E-state index contributed by atoms with van der Waals surface area (Å²) < 4.78 is 5.28. The molecule has 0 aromatic carbocycles. The number of likely N-dealkylation sites (N-methyl/N-ethyl adjacent to an activating group) is 1. The van der Waals surface area contributed by atoms with E-state index in [1.54, 1.807) is 11.3 Å². The third-order valence-corrected chi connectivity index (χ3v) is 4.17. The average molecular weight is 328 g/mol. The minimum absolute atomic E-state index is 0. The van der Waals surface area contributed by atoms with Gasteiger partial charge in [0.05, 0.1) is 11.0 Å². The van der Waals surface area contributed by atoms with Gasteiger partial charge in [0.1, 0.15) is 0 Å². The summed E-state index contributed by atoms with van der Waals surface area (Å²) in [6.45, 7) is 4.83. The van der Waals surface area contributed by atoms with Gasteiger partial charge in [0.25, 0.3) is 5.89 Å². The molecule has 1 fully saturated rings. The highest BCUT2D eigenvalue weighted by Gasteiger charge is 2.24. The van der Waals surface area contributed by atoms with Gasteiger partial charge < -0.3 is 9.84 Å². The zero-order valence-corrected chi connectivity index (χ0v) is 13.6. The fourth-order valence-electron chi connectivity index (χ4n) is 2.15. The molecule has 2 aromatic rings. The van der Waals surface area contributed by atoms with Crippen LogP contribution < -0.4 is 5.32 Å². The van der Waals surface area contributed by atoms with E-state index in [1.165, 1.54) is 0 Å². The van der Waals surface area contributed by atoms with Crippen molar-refractivity contribution in [2.45, 2.75) is 13.0 Å². The van der Waals surface area contributed by atoms with Gasteiger partial charge in [-0.05, 0) is 20.0 Å². The molecule has 1 aliphatic heterocycles. The van der Waals surface area contributed by atoms with Gasteiger partial charge >= 0.3 is 0 Å². The van der Waals surface area contributed by atoms with E-state index in [4.69, 9.17) is 4.52 Å². The number of aromatic nitrogens is 3. The molecule has 0 spiro atoms. The molecule has 3 heterocycles. The van der Waals surface area contributed by atoms with Crippen molar-refractivity contribution in [2.24, 2.45) is 0 Å². The lowest BCUT2D eigenvalue weighted by Gasteiger charge is -2.30. The highest BCUT2D eigenvalue weighted by atomic mass is 35.5. The van der Waals surface area contributed by atoms with E-state index < -0.39 is 0 Å². The Bertz CT molecular complexity index is 611. The Labute approximate surface area is 133 Å². The second-order valence-corrected chi connectivity index (χ2v) is 6.07. The summed E-state index contributed by atoms with van der Waals surface area (Å²) in [5, 5.41) is 8.47. The third kappa shape index (κ3) is 3.88. The highest BCUT2D eigenvalue weighted by Crippen LogP contribution is 2.19. The van der Waals surface area contributed by atoms with Crippen LogP contribution in [0.5, 0.6) is 0 Å². The molecule has 0 aliphatic carbocycles. The van der Waals surface area contributed by atoms with Crippen LogP contribution in [0.15, 0.2) is 10.7 Å². The van der Waals surface area contributed by atoms with Crippen molar-refractivity contribution in [2.75, 3.05) is 26.7 Å². The summed E-state index contributed by atoms with van der Waals surface area (Å²) in [6.07, 6.45) is 5.62. The van der Waals surface area contributed by atoms with Crippen LogP contribution in [0.1, 0.15) is 27.6 Å². The summed E-state index contributed by atoms with van der Waals surface area (Å²) >= 11 is 1.64. The Morgan fingerprint density at radius 3 is 3.05 bits per heavy atom. The number of hydrogen-bond acceptors (Lipinski definition) is 7. The predicted molar refractivity (Wildman–Crippen MR) is 85.6 cm³/mol. The molecule has 114 valence electrons. The van der Waals surface area contributed by atoms with E-state index in [2.05, 4.69) is 32.4 Å². The monoisotopic (exact) mass is 327 g/mol. The summed E-state index contributed by atoms with van der Waals surface area (Å²) in [7, 11) is 2.08. The first-order valence-electron chi connectivity index (χ1n) is 6.57. The molecule has 1 saturated heterocycles. The van der Waals surface area contributed by atoms with Crippen molar-refractivity contribution >= 4 is 35.9 Å². The number of thiazole rings is 1. The van der Waals surface area contributed by atoms with Gasteiger partial charge in [-0.2, -0.15) is 4.98 Å². The van der Waals surface area contributed by atoms with Crippen LogP contribution in [0.25, 0.3) is 12.2 Å². The van der Waals surface area contributed by atoms with Crippen molar-refractivity contribution in [3.8, 4) is 0 Å². The van der Waals surface area contributed by atoms with Gasteiger partial charge in [0, 0.05) is 36.8 Å². The first-order valence-corrected chi connectivity index (χ1v) is 7.39. The Balaban J connectivity index is 0.00000161. The van der Waals surface area contributed by atoms with Crippen LogP contribution in [0.3, 0.4) is 0 Å². The fraction of sp³-hybridized carbons (Fsp3) is 0.462. The standard InChI is InChI=1S/C13H17N5OS.ClH/c1-9-15-7-10(20-9)3-4-12-16-13(17-19-12)11-8-14-5-6-18(11)2;/h3-4,7,11,14H,5-6,8H2,1-2H3;1H/b4-3+;. The molecule has 1 atom stereocenters. The van der Waals surface area contributed by atoms with Gasteiger partial charge in [-0.25, -0.2) is 4.98 Å². The van der Waals surface area contributed by atoms with Gasteiger partial charge in [-0.3, -0.25) is 4.90 Å². The Morgan fingerprint density at radius 2 is 2.33 bits per heavy atom. The Hall–Kier alpha value is -1.28. The normalized spacial score (nSPS) is 19.8. The third-order valence-electron chi connectivity index (χ3n) is 3.30. The minimum atomic E-state index is 0. The minimum Gasteiger partial charge on any atom is -0.335 e. The zero-order valence-electron chi connectivity index (χ0n) is 11.9. The molecule has 8 heteroatoms. The molecule has 0 bridgehead atoms. The topological polar surface area (TPSA) is 67.1 Å². The number of aryl methyl sites for hydroxylation is 1. The number of rotatable bonds is 3. The lowest BCUT2D eigenvalue weighted by molar-refractivity contribution is 0.190. The second-order valence-electron chi connectivity index (χ2n) is 4.81. The molecule has 2 aromatic heterocycles. The summed E-state index contributed by atoms with van der Waals surface area (Å²) in [6, 6.07) is 0.181. The quantitative estimate of drug-likeness (QED) is 0.930. The fourth-order valence-corrected chi connectivity index (χ4v) is 2.84. The zero-order chi connectivity index (χ0) is 13.9. The molecule has 0 radical (unpaired) electrons. The SMILES string of the molecule is Cc1ncc(/C=C/c2nc(C3CNCCN3C)no2)s1.Cl. The smallest absolute Gasteiger partial charge is 0.250 e. The summed E-state index contributed by atoms with van der Waals surface area (Å²) in [5.41, 5.74) is 0. The largest absolute Gasteiger partial charge is 0.335 e. The Kier molecular flexibility index (Phi) is 5.46. The van der Waals surface area contributed by atoms with Gasteiger partial charge in [0.15, 0.2) is 5.82 Å². The number of piperazine rings is 1. The number of nitrogens with zero attached hydrogens (tertiary/aromatic N) is 4. The van der Waals surface area contributed by atoms with Gasteiger partial charge in [-0.1, -0.05) is 5.16 Å². The maximum atomic E-state index is 5.28. The van der Waals surface area contributed by atoms with Gasteiger partial charge in [-0.15, -0.1) is 23.7 Å². The number of hydrogen-bond donors (Lipinski definition) is 1. The van der Waals surface area contributed by atoms with E-state index in [0.29, 0.717) is 5.89 Å². The summed E-state index contributed by atoms with van der Waals surface area (Å²) in [5.74, 6) is 1.27. The van der Waals surface area contributed by atoms with Crippen LogP contribution in [-0.4, -0.2) is 46.7 Å². The van der Waals surface area contributed by atoms with Gasteiger partial charge in [0.2, 0.25) is 0 Å². The van der Waals surface area contributed by atoms with Crippen LogP contribution in [0, 0.1) is 6.92 Å². The maximum absolute atomic E-state index is 5.28. The predicted octanol–water partition coefficient (Wildman–Crippen LogP) is 2.00. The molecule has 3 rings (SSSR count). The lowest BCUT2D eigenvalue weighted by Crippen LogP contribution is -2.44. The first-order chi connectivity index (χ1) is 9.72. The van der Waals surface area contributed by atoms with E-state index in [0.717, 1.165) is 35.3 Å². The average Bonchev–Trinajstić information content (AvgIpc) is 3.06. The van der Waals surface area contributed by atoms with Crippen molar-refractivity contribution < 1.29 is 4.52 Å². The van der Waals surface area contributed by atoms with Crippen LogP contribution >= 0.6 is 23.7 Å². The van der Waals surface area contributed by atoms with Crippen LogP contribution in [0.2, 0.25) is 0 Å².